The van der Waals surface area contributed by atoms with E-state index in [0.717, 1.165) is 10.9 Å². The number of hydrogen-bond donors (Lipinski definition) is 0. The third-order valence-electron chi connectivity index (χ3n) is 4.40. The fraction of sp³-hybridized carbons (Fsp3) is 0.526. The quantitative estimate of drug-likeness (QED) is 0.368. The molecule has 1 saturated heterocycles. The van der Waals surface area contributed by atoms with Gasteiger partial charge < -0.3 is 14.2 Å². The highest BCUT2D eigenvalue weighted by Gasteiger charge is 2.32. The Bertz CT molecular complexity index is 754. The van der Waals surface area contributed by atoms with Gasteiger partial charge in [-0.1, -0.05) is 31.8 Å². The first-order valence-corrected chi connectivity index (χ1v) is 12.9. The van der Waals surface area contributed by atoms with Crippen LogP contribution in [0.25, 0.3) is 0 Å². The summed E-state index contributed by atoms with van der Waals surface area (Å²) >= 11 is 0. The molecule has 0 aromatic carbocycles. The van der Waals surface area contributed by atoms with Gasteiger partial charge in [-0.3, -0.25) is 9.59 Å². The van der Waals surface area contributed by atoms with Crippen LogP contribution in [0.15, 0.2) is 35.8 Å². The van der Waals surface area contributed by atoms with Crippen molar-refractivity contribution >= 4 is 20.0 Å². The summed E-state index contributed by atoms with van der Waals surface area (Å²) in [5.41, 5.74) is 0.363. The van der Waals surface area contributed by atoms with Crippen molar-refractivity contribution in [3.8, 4) is 0 Å². The van der Waals surface area contributed by atoms with Crippen LogP contribution < -0.4 is 5.56 Å². The van der Waals surface area contributed by atoms with E-state index in [2.05, 4.69) is 26.2 Å². The van der Waals surface area contributed by atoms with Gasteiger partial charge in [0, 0.05) is 46.0 Å². The number of aromatic nitrogens is 1. The first-order valence-electron chi connectivity index (χ1n) is 9.19. The van der Waals surface area contributed by atoms with Crippen molar-refractivity contribution in [3.05, 3.63) is 46.9 Å². The SMILES string of the molecule is C=CCn1cccc(CN2CCC(=O)N(COCC[Si](C)(C)C)C2=O)c1=O. The molecule has 1 fully saturated rings. The third-order valence-corrected chi connectivity index (χ3v) is 6.10. The van der Waals surface area contributed by atoms with E-state index in [1.165, 1.54) is 4.90 Å². The van der Waals surface area contributed by atoms with Gasteiger partial charge in [-0.2, -0.15) is 0 Å². The van der Waals surface area contributed by atoms with Gasteiger partial charge in [0.1, 0.15) is 6.73 Å². The Hall–Kier alpha value is -2.19. The largest absolute Gasteiger partial charge is 0.361 e. The predicted octanol–water partition coefficient (Wildman–Crippen LogP) is 2.50. The van der Waals surface area contributed by atoms with Gasteiger partial charge >= 0.3 is 6.03 Å². The number of hydrogen-bond acceptors (Lipinski definition) is 4. The van der Waals surface area contributed by atoms with E-state index in [4.69, 9.17) is 4.74 Å². The van der Waals surface area contributed by atoms with E-state index in [0.29, 0.717) is 25.3 Å². The maximum atomic E-state index is 12.7. The molecule has 2 heterocycles. The molecular weight excluding hydrogens is 362 g/mol. The smallest absolute Gasteiger partial charge is 0.328 e. The van der Waals surface area contributed by atoms with E-state index in [9.17, 15) is 14.4 Å². The van der Waals surface area contributed by atoms with Crippen LogP contribution in [0.4, 0.5) is 4.79 Å². The third kappa shape index (κ3) is 5.90. The van der Waals surface area contributed by atoms with Crippen molar-refractivity contribution in [3.63, 3.8) is 0 Å². The molecule has 8 heteroatoms. The minimum atomic E-state index is -1.23. The Morgan fingerprint density at radius 2 is 2.00 bits per heavy atom. The summed E-state index contributed by atoms with van der Waals surface area (Å²) < 4.78 is 7.12. The first kappa shape index (κ1) is 21.1. The molecule has 0 atom stereocenters. The van der Waals surface area contributed by atoms with Crippen molar-refractivity contribution in [2.45, 2.75) is 45.2 Å². The van der Waals surface area contributed by atoms with Crippen LogP contribution in [0.5, 0.6) is 0 Å². The van der Waals surface area contributed by atoms with Gasteiger partial charge in [0.15, 0.2) is 0 Å². The van der Waals surface area contributed by atoms with E-state index < -0.39 is 14.1 Å². The summed E-state index contributed by atoms with van der Waals surface area (Å²) in [6.07, 6.45) is 3.57. The molecule has 1 aromatic heterocycles. The summed E-state index contributed by atoms with van der Waals surface area (Å²) in [5.74, 6) is -0.235. The minimum absolute atomic E-state index is 0.0336. The molecule has 1 aromatic rings. The number of carbonyl (C=O) groups excluding carboxylic acids is 2. The highest BCUT2D eigenvalue weighted by Crippen LogP contribution is 2.14. The average molecular weight is 392 g/mol. The normalized spacial score (nSPS) is 15.4. The Balaban J connectivity index is 2.01. The van der Waals surface area contributed by atoms with E-state index in [1.54, 1.807) is 29.0 Å². The van der Waals surface area contributed by atoms with Crippen LogP contribution in [-0.2, 0) is 22.6 Å². The van der Waals surface area contributed by atoms with Crippen LogP contribution in [0, 0.1) is 0 Å². The summed E-state index contributed by atoms with van der Waals surface area (Å²) in [4.78, 5) is 39.9. The summed E-state index contributed by atoms with van der Waals surface area (Å²) in [6.45, 7) is 11.8. The summed E-state index contributed by atoms with van der Waals surface area (Å²) in [7, 11) is -1.23. The Morgan fingerprint density at radius 3 is 2.67 bits per heavy atom. The lowest BCUT2D eigenvalue weighted by molar-refractivity contribution is -0.135. The number of rotatable bonds is 9. The molecule has 0 spiro atoms. The van der Waals surface area contributed by atoms with Crippen molar-refractivity contribution in [2.24, 2.45) is 0 Å². The van der Waals surface area contributed by atoms with Gasteiger partial charge in [-0.15, -0.1) is 6.58 Å². The second kappa shape index (κ2) is 9.14. The molecule has 1 aliphatic rings. The lowest BCUT2D eigenvalue weighted by Gasteiger charge is -2.34. The molecule has 7 nitrogen and oxygen atoms in total. The van der Waals surface area contributed by atoms with Crippen LogP contribution in [-0.4, -0.2) is 54.3 Å². The van der Waals surface area contributed by atoms with Gasteiger partial charge in [-0.25, -0.2) is 9.69 Å². The average Bonchev–Trinajstić information content (AvgIpc) is 2.59. The number of urea groups is 1. The van der Waals surface area contributed by atoms with E-state index in [-0.39, 0.29) is 31.2 Å². The molecule has 0 radical (unpaired) electrons. The molecule has 27 heavy (non-hydrogen) atoms. The van der Waals surface area contributed by atoms with E-state index in [1.807, 2.05) is 0 Å². The highest BCUT2D eigenvalue weighted by atomic mass is 28.3. The standard InChI is InChI=1S/C19H29N3O4Si/c1-5-9-20-10-6-7-16(18(20)24)14-21-11-8-17(23)22(19(21)25)15-26-12-13-27(2,3)4/h5-7,10H,1,8-9,11-15H2,2-4H3. The number of nitrogens with zero attached hydrogens (tertiary/aromatic N) is 3. The molecule has 2 rings (SSSR count). The Labute approximate surface area is 161 Å². The molecule has 0 N–H and O–H groups in total. The molecule has 0 saturated carbocycles. The second-order valence-electron chi connectivity index (χ2n) is 7.90. The molecule has 3 amide bonds. The lowest BCUT2D eigenvalue weighted by Crippen LogP contribution is -2.53. The van der Waals surface area contributed by atoms with Crippen LogP contribution in [0.2, 0.25) is 25.7 Å². The number of carbonyl (C=O) groups is 2. The zero-order valence-corrected chi connectivity index (χ0v) is 17.4. The molecule has 1 aliphatic heterocycles. The number of pyridine rings is 1. The molecule has 0 unspecified atom stereocenters. The summed E-state index contributed by atoms with van der Waals surface area (Å²) in [5, 5.41) is 0. The van der Waals surface area contributed by atoms with Crippen molar-refractivity contribution in [2.75, 3.05) is 19.9 Å². The van der Waals surface area contributed by atoms with Crippen molar-refractivity contribution in [1.29, 1.82) is 0 Å². The highest BCUT2D eigenvalue weighted by molar-refractivity contribution is 6.76. The van der Waals surface area contributed by atoms with Crippen LogP contribution in [0.3, 0.4) is 0 Å². The second-order valence-corrected chi connectivity index (χ2v) is 13.5. The van der Waals surface area contributed by atoms with Gasteiger partial charge in [0.05, 0.1) is 6.54 Å². The first-order chi connectivity index (χ1) is 12.7. The zero-order valence-electron chi connectivity index (χ0n) is 16.4. The topological polar surface area (TPSA) is 71.9 Å². The Morgan fingerprint density at radius 1 is 1.26 bits per heavy atom. The fourth-order valence-corrected chi connectivity index (χ4v) is 3.50. The lowest BCUT2D eigenvalue weighted by atomic mass is 10.2. The molecule has 0 bridgehead atoms. The monoisotopic (exact) mass is 391 g/mol. The predicted molar refractivity (Wildman–Crippen MR) is 107 cm³/mol. The Kier molecular flexibility index (Phi) is 7.15. The maximum Gasteiger partial charge on any atom is 0.328 e. The van der Waals surface area contributed by atoms with Gasteiger partial charge in [0.2, 0.25) is 5.91 Å². The number of amides is 3. The van der Waals surface area contributed by atoms with Crippen LogP contribution in [0.1, 0.15) is 12.0 Å². The van der Waals surface area contributed by atoms with Crippen molar-refractivity contribution < 1.29 is 14.3 Å². The number of imide groups is 1. The van der Waals surface area contributed by atoms with E-state index >= 15 is 0 Å². The summed E-state index contributed by atoms with van der Waals surface area (Å²) in [6, 6.07) is 4.05. The number of allylic oxidation sites excluding steroid dienone is 1. The van der Waals surface area contributed by atoms with Gasteiger partial charge in [0.25, 0.3) is 5.56 Å². The van der Waals surface area contributed by atoms with Gasteiger partial charge in [-0.05, 0) is 12.1 Å². The maximum absolute atomic E-state index is 12.7. The molecule has 0 aliphatic carbocycles. The number of ether oxygens (including phenoxy) is 1. The van der Waals surface area contributed by atoms with Crippen LogP contribution >= 0.6 is 0 Å². The van der Waals surface area contributed by atoms with Crippen molar-refractivity contribution in [1.82, 2.24) is 14.4 Å². The molecule has 148 valence electrons. The minimum Gasteiger partial charge on any atom is -0.361 e. The molecular formula is C19H29N3O4Si. The fourth-order valence-electron chi connectivity index (χ4n) is 2.74. The zero-order chi connectivity index (χ0) is 20.0.